The third-order valence-corrected chi connectivity index (χ3v) is 2.29. The van der Waals surface area contributed by atoms with Crippen molar-refractivity contribution in [2.45, 2.75) is 30.0 Å². The summed E-state index contributed by atoms with van der Waals surface area (Å²) in [6.45, 7) is 0. The van der Waals surface area contributed by atoms with E-state index in [-0.39, 0.29) is 4.29 Å². The van der Waals surface area contributed by atoms with E-state index in [4.69, 9.17) is 11.6 Å². The summed E-state index contributed by atoms with van der Waals surface area (Å²) < 4.78 is 0.174. The Morgan fingerprint density at radius 1 is 1.22 bits per heavy atom. The molecule has 0 saturated heterocycles. The van der Waals surface area contributed by atoms with Crippen LogP contribution in [0.3, 0.4) is 0 Å². The van der Waals surface area contributed by atoms with Crippen molar-refractivity contribution in [3.8, 4) is 0 Å². The molecule has 0 heterocycles. The van der Waals surface area contributed by atoms with Gasteiger partial charge in [-0.05, 0) is 12.8 Å². The van der Waals surface area contributed by atoms with Gasteiger partial charge in [0.25, 0.3) is 0 Å². The minimum absolute atomic E-state index is 0.174. The molecule has 0 aromatic carbocycles. The predicted octanol–water partition coefficient (Wildman–Crippen LogP) is 3.90. The van der Waals surface area contributed by atoms with Crippen LogP contribution in [-0.4, -0.2) is 9.62 Å². The van der Waals surface area contributed by atoms with Crippen molar-refractivity contribution >= 4 is 43.5 Å². The molecule has 3 heteroatoms. The van der Waals surface area contributed by atoms with Crippen LogP contribution in [0.4, 0.5) is 0 Å². The maximum atomic E-state index is 5.66. The fraction of sp³-hybridized carbons (Fsp3) is 1.00. The summed E-state index contributed by atoms with van der Waals surface area (Å²) in [4.78, 5) is 0. The lowest BCUT2D eigenvalue weighted by molar-refractivity contribution is 0.703. The van der Waals surface area contributed by atoms with E-state index >= 15 is 0 Å². The second kappa shape index (κ2) is 7.36. The molecular formula is C6H11Br2Cl. The summed E-state index contributed by atoms with van der Waals surface area (Å²) in [7, 11) is 0. The van der Waals surface area contributed by atoms with Gasteiger partial charge < -0.3 is 0 Å². The van der Waals surface area contributed by atoms with Crippen molar-refractivity contribution in [2.75, 3.05) is 5.33 Å². The number of rotatable bonds is 5. The maximum Gasteiger partial charge on any atom is 0.0886 e. The summed E-state index contributed by atoms with van der Waals surface area (Å²) in [6.07, 6.45) is 4.84. The van der Waals surface area contributed by atoms with Gasteiger partial charge >= 0.3 is 0 Å². The molecule has 1 atom stereocenters. The van der Waals surface area contributed by atoms with Crippen LogP contribution in [0.25, 0.3) is 0 Å². The van der Waals surface area contributed by atoms with E-state index in [2.05, 4.69) is 31.9 Å². The van der Waals surface area contributed by atoms with E-state index in [9.17, 15) is 0 Å². The van der Waals surface area contributed by atoms with Gasteiger partial charge in [0, 0.05) is 5.33 Å². The van der Waals surface area contributed by atoms with Crippen molar-refractivity contribution in [2.24, 2.45) is 0 Å². The predicted molar refractivity (Wildman–Crippen MR) is 50.8 cm³/mol. The summed E-state index contributed by atoms with van der Waals surface area (Å²) in [5.74, 6) is 0. The lowest BCUT2D eigenvalue weighted by Crippen LogP contribution is -1.85. The fourth-order valence-electron chi connectivity index (χ4n) is 0.570. The van der Waals surface area contributed by atoms with E-state index < -0.39 is 0 Å². The molecule has 0 aromatic heterocycles. The molecule has 0 bridgehead atoms. The van der Waals surface area contributed by atoms with Gasteiger partial charge in [0.05, 0.1) is 4.29 Å². The Bertz CT molecular complexity index is 57.0. The molecular weight excluding hydrogens is 267 g/mol. The highest BCUT2D eigenvalue weighted by atomic mass is 79.9. The lowest BCUT2D eigenvalue weighted by Gasteiger charge is -1.98. The highest BCUT2D eigenvalue weighted by Crippen LogP contribution is 2.14. The quantitative estimate of drug-likeness (QED) is 0.528. The van der Waals surface area contributed by atoms with Crippen molar-refractivity contribution in [3.63, 3.8) is 0 Å². The van der Waals surface area contributed by atoms with Gasteiger partial charge in [0.15, 0.2) is 0 Å². The van der Waals surface area contributed by atoms with Gasteiger partial charge in [0.1, 0.15) is 0 Å². The Balaban J connectivity index is 2.75. The minimum Gasteiger partial charge on any atom is -0.110 e. The van der Waals surface area contributed by atoms with Crippen LogP contribution in [0.1, 0.15) is 25.7 Å². The topological polar surface area (TPSA) is 0 Å². The number of hydrogen-bond donors (Lipinski definition) is 0. The van der Waals surface area contributed by atoms with Crippen LogP contribution in [0.5, 0.6) is 0 Å². The Kier molecular flexibility index (Phi) is 8.38. The van der Waals surface area contributed by atoms with Crippen molar-refractivity contribution < 1.29 is 0 Å². The van der Waals surface area contributed by atoms with Crippen LogP contribution in [0.2, 0.25) is 0 Å². The number of unbranched alkanes of at least 4 members (excludes halogenated alkanes) is 2. The van der Waals surface area contributed by atoms with Crippen LogP contribution < -0.4 is 0 Å². The molecule has 0 aromatic rings. The first-order valence-corrected chi connectivity index (χ1v) is 5.59. The molecule has 0 aliphatic carbocycles. The third-order valence-electron chi connectivity index (χ3n) is 1.06. The molecule has 0 saturated carbocycles. The fourth-order valence-corrected chi connectivity index (χ4v) is 1.44. The molecule has 56 valence electrons. The molecule has 0 spiro atoms. The zero-order valence-corrected chi connectivity index (χ0v) is 9.17. The first-order valence-electron chi connectivity index (χ1n) is 3.11. The smallest absolute Gasteiger partial charge is 0.0886 e. The average molecular weight is 278 g/mol. The summed E-state index contributed by atoms with van der Waals surface area (Å²) in [5.41, 5.74) is 0. The minimum atomic E-state index is 0.174. The number of hydrogen-bond acceptors (Lipinski definition) is 0. The standard InChI is InChI=1S/C6H11Br2Cl/c7-5-3-1-2-4-6(8)9/h6H,1-5H2. The highest BCUT2D eigenvalue weighted by Gasteiger charge is 1.95. The van der Waals surface area contributed by atoms with Gasteiger partial charge in [-0.1, -0.05) is 44.7 Å². The average Bonchev–Trinajstić information content (AvgIpc) is 1.80. The SMILES string of the molecule is ClC(Br)CCCCCBr. The largest absolute Gasteiger partial charge is 0.110 e. The Hall–Kier alpha value is 1.25. The highest BCUT2D eigenvalue weighted by molar-refractivity contribution is 9.10. The third kappa shape index (κ3) is 9.25. The molecule has 0 N–H and O–H groups in total. The van der Waals surface area contributed by atoms with Crippen LogP contribution in [-0.2, 0) is 0 Å². The van der Waals surface area contributed by atoms with E-state index in [0.29, 0.717) is 0 Å². The normalized spacial score (nSPS) is 13.7. The van der Waals surface area contributed by atoms with Gasteiger partial charge in [0.2, 0.25) is 0 Å². The van der Waals surface area contributed by atoms with Gasteiger partial charge in [-0.3, -0.25) is 0 Å². The van der Waals surface area contributed by atoms with Gasteiger partial charge in [-0.25, -0.2) is 0 Å². The summed E-state index contributed by atoms with van der Waals surface area (Å²) >= 11 is 12.3. The maximum absolute atomic E-state index is 5.66. The second-order valence-electron chi connectivity index (χ2n) is 1.93. The molecule has 0 nitrogen and oxygen atoms in total. The molecule has 0 aliphatic heterocycles. The first kappa shape index (κ1) is 10.2. The zero-order valence-electron chi connectivity index (χ0n) is 5.25. The second-order valence-corrected chi connectivity index (χ2v) is 4.88. The Morgan fingerprint density at radius 3 is 2.33 bits per heavy atom. The molecule has 0 fully saturated rings. The monoisotopic (exact) mass is 276 g/mol. The lowest BCUT2D eigenvalue weighted by atomic mass is 10.2. The van der Waals surface area contributed by atoms with Gasteiger partial charge in [-0.2, -0.15) is 0 Å². The van der Waals surface area contributed by atoms with Crippen molar-refractivity contribution in [1.82, 2.24) is 0 Å². The van der Waals surface area contributed by atoms with Crippen LogP contribution in [0.15, 0.2) is 0 Å². The molecule has 0 radical (unpaired) electrons. The summed E-state index contributed by atoms with van der Waals surface area (Å²) in [5, 5.41) is 1.11. The Labute approximate surface area is 78.6 Å². The first-order chi connectivity index (χ1) is 4.27. The molecule has 0 amide bonds. The molecule has 1 unspecified atom stereocenters. The van der Waals surface area contributed by atoms with E-state index in [0.717, 1.165) is 11.8 Å². The van der Waals surface area contributed by atoms with Crippen molar-refractivity contribution in [1.29, 1.82) is 0 Å². The van der Waals surface area contributed by atoms with Crippen molar-refractivity contribution in [3.05, 3.63) is 0 Å². The number of alkyl halides is 3. The van der Waals surface area contributed by atoms with Crippen LogP contribution in [0, 0.1) is 0 Å². The van der Waals surface area contributed by atoms with Gasteiger partial charge in [-0.15, -0.1) is 11.6 Å². The molecule has 0 rings (SSSR count). The number of halogens is 3. The summed E-state index contributed by atoms with van der Waals surface area (Å²) in [6, 6.07) is 0. The van der Waals surface area contributed by atoms with E-state index in [1.165, 1.54) is 19.3 Å². The van der Waals surface area contributed by atoms with E-state index in [1.807, 2.05) is 0 Å². The molecule has 9 heavy (non-hydrogen) atoms. The van der Waals surface area contributed by atoms with Crippen LogP contribution >= 0.6 is 43.5 Å². The zero-order chi connectivity index (χ0) is 7.11. The Morgan fingerprint density at radius 2 is 1.89 bits per heavy atom. The van der Waals surface area contributed by atoms with E-state index in [1.54, 1.807) is 0 Å². The molecule has 0 aliphatic rings.